The third kappa shape index (κ3) is 6.93. The first-order valence-electron chi connectivity index (χ1n) is 6.76. The van der Waals surface area contributed by atoms with Crippen molar-refractivity contribution < 1.29 is 4.79 Å². The van der Waals surface area contributed by atoms with Crippen LogP contribution in [0.2, 0.25) is 0 Å². The van der Waals surface area contributed by atoms with E-state index < -0.39 is 0 Å². The zero-order valence-corrected chi connectivity index (χ0v) is 14.9. The van der Waals surface area contributed by atoms with Gasteiger partial charge in [0, 0.05) is 18.8 Å². The maximum Gasteiger partial charge on any atom is 0.223 e. The summed E-state index contributed by atoms with van der Waals surface area (Å²) in [5.74, 6) is 0.750. The SMILES string of the molecule is CNCC1CCN(Cc2csc(NC(C)=O)n2)CC1.Cl.Cl. The van der Waals surface area contributed by atoms with E-state index in [0.29, 0.717) is 5.13 Å². The van der Waals surface area contributed by atoms with E-state index in [1.54, 1.807) is 0 Å². The zero-order chi connectivity index (χ0) is 13.7. The molecule has 0 spiro atoms. The summed E-state index contributed by atoms with van der Waals surface area (Å²) < 4.78 is 0. The molecular formula is C13H24Cl2N4OS. The van der Waals surface area contributed by atoms with Crippen LogP contribution in [0.1, 0.15) is 25.5 Å². The Kier molecular flexibility index (Phi) is 10.1. The van der Waals surface area contributed by atoms with Crippen LogP contribution in [0.4, 0.5) is 5.13 Å². The van der Waals surface area contributed by atoms with Crippen LogP contribution in [0.25, 0.3) is 0 Å². The van der Waals surface area contributed by atoms with E-state index >= 15 is 0 Å². The third-order valence-electron chi connectivity index (χ3n) is 3.42. The Morgan fingerprint density at radius 1 is 1.43 bits per heavy atom. The first-order valence-corrected chi connectivity index (χ1v) is 7.64. The van der Waals surface area contributed by atoms with Crippen LogP contribution in [0.15, 0.2) is 5.38 Å². The summed E-state index contributed by atoms with van der Waals surface area (Å²) in [7, 11) is 2.02. The molecule has 1 aromatic rings. The van der Waals surface area contributed by atoms with Crippen molar-refractivity contribution in [2.24, 2.45) is 5.92 Å². The summed E-state index contributed by atoms with van der Waals surface area (Å²) in [5.41, 5.74) is 1.06. The minimum absolute atomic E-state index is 0. The van der Waals surface area contributed by atoms with Crippen LogP contribution in [-0.4, -0.2) is 42.5 Å². The van der Waals surface area contributed by atoms with Gasteiger partial charge in [0.15, 0.2) is 5.13 Å². The van der Waals surface area contributed by atoms with Crippen molar-refractivity contribution >= 4 is 47.2 Å². The van der Waals surface area contributed by atoms with Gasteiger partial charge in [0.2, 0.25) is 5.91 Å². The number of likely N-dealkylation sites (tertiary alicyclic amines) is 1. The number of nitrogens with zero attached hydrogens (tertiary/aromatic N) is 2. The minimum atomic E-state index is -0.0613. The highest BCUT2D eigenvalue weighted by molar-refractivity contribution is 7.13. The predicted octanol–water partition coefficient (Wildman–Crippen LogP) is 2.38. The molecule has 2 N–H and O–H groups in total. The summed E-state index contributed by atoms with van der Waals surface area (Å²) in [6.07, 6.45) is 2.51. The largest absolute Gasteiger partial charge is 0.319 e. The number of rotatable bonds is 5. The van der Waals surface area contributed by atoms with Gasteiger partial charge in [-0.3, -0.25) is 9.69 Å². The molecule has 8 heteroatoms. The Morgan fingerprint density at radius 2 is 2.10 bits per heavy atom. The smallest absolute Gasteiger partial charge is 0.223 e. The second-order valence-electron chi connectivity index (χ2n) is 5.10. The molecule has 0 aromatic carbocycles. The third-order valence-corrected chi connectivity index (χ3v) is 4.23. The lowest BCUT2D eigenvalue weighted by Crippen LogP contribution is -2.36. The number of halogens is 2. The van der Waals surface area contributed by atoms with E-state index in [4.69, 9.17) is 0 Å². The number of amides is 1. The molecule has 0 bridgehead atoms. The highest BCUT2D eigenvalue weighted by atomic mass is 35.5. The molecule has 1 aliphatic heterocycles. The number of nitrogens with one attached hydrogen (secondary N) is 2. The lowest BCUT2D eigenvalue weighted by molar-refractivity contribution is -0.114. The van der Waals surface area contributed by atoms with Gasteiger partial charge < -0.3 is 10.6 Å². The number of hydrogen-bond acceptors (Lipinski definition) is 5. The molecule has 0 unspecified atom stereocenters. The topological polar surface area (TPSA) is 57.3 Å². The average molecular weight is 355 g/mol. The van der Waals surface area contributed by atoms with Crippen molar-refractivity contribution in [1.82, 2.24) is 15.2 Å². The normalized spacial score (nSPS) is 15.9. The Labute approximate surface area is 142 Å². The van der Waals surface area contributed by atoms with Crippen LogP contribution >= 0.6 is 36.2 Å². The van der Waals surface area contributed by atoms with Crippen molar-refractivity contribution in [2.75, 3.05) is 32.0 Å². The van der Waals surface area contributed by atoms with Gasteiger partial charge in [0.25, 0.3) is 0 Å². The van der Waals surface area contributed by atoms with Crippen molar-refractivity contribution in [3.63, 3.8) is 0 Å². The average Bonchev–Trinajstić information content (AvgIpc) is 2.78. The molecule has 5 nitrogen and oxygen atoms in total. The molecule has 0 saturated carbocycles. The Hall–Kier alpha value is -0.400. The molecule has 1 amide bonds. The molecule has 122 valence electrons. The number of anilines is 1. The zero-order valence-electron chi connectivity index (χ0n) is 12.4. The van der Waals surface area contributed by atoms with E-state index in [0.717, 1.165) is 37.8 Å². The lowest BCUT2D eigenvalue weighted by atomic mass is 9.97. The van der Waals surface area contributed by atoms with Gasteiger partial charge in [-0.15, -0.1) is 36.2 Å². The quantitative estimate of drug-likeness (QED) is 0.852. The lowest BCUT2D eigenvalue weighted by Gasteiger charge is -2.31. The predicted molar refractivity (Wildman–Crippen MR) is 92.8 cm³/mol. The summed E-state index contributed by atoms with van der Waals surface area (Å²) in [6, 6.07) is 0. The van der Waals surface area contributed by atoms with Gasteiger partial charge in [0.1, 0.15) is 0 Å². The fourth-order valence-electron chi connectivity index (χ4n) is 2.45. The molecule has 0 atom stereocenters. The van der Waals surface area contributed by atoms with Crippen LogP contribution in [0, 0.1) is 5.92 Å². The maximum absolute atomic E-state index is 10.9. The molecule has 1 fully saturated rings. The number of thiazole rings is 1. The fourth-order valence-corrected chi connectivity index (χ4v) is 3.20. The van der Waals surface area contributed by atoms with Crippen LogP contribution in [-0.2, 0) is 11.3 Å². The van der Waals surface area contributed by atoms with E-state index in [-0.39, 0.29) is 30.7 Å². The summed E-state index contributed by atoms with van der Waals surface area (Å²) in [6.45, 7) is 5.80. The van der Waals surface area contributed by atoms with E-state index in [1.165, 1.54) is 31.1 Å². The van der Waals surface area contributed by atoms with Gasteiger partial charge in [-0.1, -0.05) is 0 Å². The first-order chi connectivity index (χ1) is 9.17. The Balaban J connectivity index is 0.00000200. The summed E-state index contributed by atoms with van der Waals surface area (Å²) in [4.78, 5) is 17.8. The molecule has 1 aliphatic rings. The molecule has 0 radical (unpaired) electrons. The molecule has 2 rings (SSSR count). The molecule has 0 aliphatic carbocycles. The summed E-state index contributed by atoms with van der Waals surface area (Å²) >= 11 is 1.50. The Bertz CT molecular complexity index is 422. The number of hydrogen-bond donors (Lipinski definition) is 2. The molecule has 1 saturated heterocycles. The van der Waals surface area contributed by atoms with Crippen LogP contribution < -0.4 is 10.6 Å². The van der Waals surface area contributed by atoms with Crippen molar-refractivity contribution in [1.29, 1.82) is 0 Å². The van der Waals surface area contributed by atoms with Gasteiger partial charge in [-0.05, 0) is 45.4 Å². The Morgan fingerprint density at radius 3 is 2.67 bits per heavy atom. The highest BCUT2D eigenvalue weighted by Crippen LogP contribution is 2.20. The minimum Gasteiger partial charge on any atom is -0.319 e. The molecule has 21 heavy (non-hydrogen) atoms. The highest BCUT2D eigenvalue weighted by Gasteiger charge is 2.19. The standard InChI is InChI=1S/C13H22N4OS.2ClH/c1-10(18)15-13-16-12(9-19-13)8-17-5-3-11(4-6-17)7-14-2;;/h9,11,14H,3-8H2,1-2H3,(H,15,16,18);2*1H. The van der Waals surface area contributed by atoms with Crippen LogP contribution in [0.3, 0.4) is 0 Å². The van der Waals surface area contributed by atoms with Crippen LogP contribution in [0.5, 0.6) is 0 Å². The molecular weight excluding hydrogens is 331 g/mol. The van der Waals surface area contributed by atoms with Gasteiger partial charge in [-0.25, -0.2) is 4.98 Å². The van der Waals surface area contributed by atoms with Gasteiger partial charge >= 0.3 is 0 Å². The number of piperidine rings is 1. The van der Waals surface area contributed by atoms with Crippen molar-refractivity contribution in [3.05, 3.63) is 11.1 Å². The molecule has 1 aromatic heterocycles. The number of carbonyl (C=O) groups excluding carboxylic acids is 1. The van der Waals surface area contributed by atoms with Crippen molar-refractivity contribution in [2.45, 2.75) is 26.3 Å². The number of aromatic nitrogens is 1. The van der Waals surface area contributed by atoms with Gasteiger partial charge in [0.05, 0.1) is 5.69 Å². The number of carbonyl (C=O) groups is 1. The van der Waals surface area contributed by atoms with E-state index in [2.05, 4.69) is 20.5 Å². The second kappa shape index (κ2) is 10.3. The summed E-state index contributed by atoms with van der Waals surface area (Å²) in [5, 5.41) is 8.72. The van der Waals surface area contributed by atoms with Crippen molar-refractivity contribution in [3.8, 4) is 0 Å². The molecule has 2 heterocycles. The van der Waals surface area contributed by atoms with E-state index in [9.17, 15) is 4.79 Å². The van der Waals surface area contributed by atoms with E-state index in [1.807, 2.05) is 12.4 Å². The fraction of sp³-hybridized carbons (Fsp3) is 0.692. The first kappa shape index (κ1) is 20.6. The monoisotopic (exact) mass is 354 g/mol. The second-order valence-corrected chi connectivity index (χ2v) is 5.96. The maximum atomic E-state index is 10.9. The van der Waals surface area contributed by atoms with Gasteiger partial charge in [-0.2, -0.15) is 0 Å².